The second-order valence-electron chi connectivity index (χ2n) is 5.36. The molecular formula is C15H23FN2. The first kappa shape index (κ1) is 13.3. The summed E-state index contributed by atoms with van der Waals surface area (Å²) < 4.78 is 14.1. The highest BCUT2D eigenvalue weighted by Gasteiger charge is 2.26. The minimum absolute atomic E-state index is 0.124. The van der Waals surface area contributed by atoms with Crippen LogP contribution in [0.5, 0.6) is 0 Å². The molecule has 1 heterocycles. The lowest BCUT2D eigenvalue weighted by atomic mass is 10.0. The highest BCUT2D eigenvalue weighted by molar-refractivity contribution is 5.56. The molecule has 0 aliphatic carbocycles. The van der Waals surface area contributed by atoms with E-state index in [1.165, 1.54) is 25.3 Å². The van der Waals surface area contributed by atoms with E-state index in [2.05, 4.69) is 11.8 Å². The summed E-state index contributed by atoms with van der Waals surface area (Å²) in [7, 11) is 0. The molecule has 18 heavy (non-hydrogen) atoms. The standard InChI is InChI=1S/C15H23FN2/c1-3-5-12-8-9-18(10-12)15-13(11(2)17)6-4-7-14(15)16/h4,6-7,11-12H,3,5,8-10,17H2,1-2H3/t11-,12?/m0/s1. The van der Waals surface area contributed by atoms with Gasteiger partial charge in [-0.15, -0.1) is 0 Å². The van der Waals surface area contributed by atoms with Crippen LogP contribution in [0, 0.1) is 11.7 Å². The maximum Gasteiger partial charge on any atom is 0.146 e. The maximum atomic E-state index is 14.1. The van der Waals surface area contributed by atoms with Gasteiger partial charge in [0.2, 0.25) is 0 Å². The smallest absolute Gasteiger partial charge is 0.146 e. The molecule has 1 aromatic rings. The number of anilines is 1. The maximum absolute atomic E-state index is 14.1. The fourth-order valence-electron chi connectivity index (χ4n) is 2.91. The van der Waals surface area contributed by atoms with E-state index < -0.39 is 0 Å². The van der Waals surface area contributed by atoms with Crippen molar-refractivity contribution in [2.75, 3.05) is 18.0 Å². The van der Waals surface area contributed by atoms with Crippen molar-refractivity contribution in [1.82, 2.24) is 0 Å². The summed E-state index contributed by atoms with van der Waals surface area (Å²) in [5.41, 5.74) is 7.60. The van der Waals surface area contributed by atoms with Crippen molar-refractivity contribution in [3.63, 3.8) is 0 Å². The van der Waals surface area contributed by atoms with Crippen molar-refractivity contribution >= 4 is 5.69 Å². The molecule has 100 valence electrons. The van der Waals surface area contributed by atoms with E-state index in [1.807, 2.05) is 13.0 Å². The van der Waals surface area contributed by atoms with Crippen molar-refractivity contribution < 1.29 is 4.39 Å². The van der Waals surface area contributed by atoms with E-state index >= 15 is 0 Å². The van der Waals surface area contributed by atoms with Gasteiger partial charge in [0.25, 0.3) is 0 Å². The fourth-order valence-corrected chi connectivity index (χ4v) is 2.91. The summed E-state index contributed by atoms with van der Waals surface area (Å²) >= 11 is 0. The van der Waals surface area contributed by atoms with E-state index in [0.29, 0.717) is 5.92 Å². The minimum atomic E-state index is -0.137. The predicted molar refractivity (Wildman–Crippen MR) is 74.2 cm³/mol. The first-order valence-electron chi connectivity index (χ1n) is 6.92. The third-order valence-corrected chi connectivity index (χ3v) is 3.81. The van der Waals surface area contributed by atoms with Gasteiger partial charge in [-0.1, -0.05) is 25.5 Å². The quantitative estimate of drug-likeness (QED) is 0.886. The third-order valence-electron chi connectivity index (χ3n) is 3.81. The highest BCUT2D eigenvalue weighted by atomic mass is 19.1. The van der Waals surface area contributed by atoms with Gasteiger partial charge < -0.3 is 10.6 Å². The monoisotopic (exact) mass is 250 g/mol. The molecule has 0 bridgehead atoms. The molecule has 1 unspecified atom stereocenters. The second-order valence-corrected chi connectivity index (χ2v) is 5.36. The van der Waals surface area contributed by atoms with E-state index in [9.17, 15) is 4.39 Å². The first-order chi connectivity index (χ1) is 8.63. The minimum Gasteiger partial charge on any atom is -0.369 e. The Bertz CT molecular complexity index is 403. The second kappa shape index (κ2) is 5.70. The predicted octanol–water partition coefficient (Wildman–Crippen LogP) is 3.47. The summed E-state index contributed by atoms with van der Waals surface area (Å²) in [6.07, 6.45) is 3.61. The Hall–Kier alpha value is -1.09. The fraction of sp³-hybridized carbons (Fsp3) is 0.600. The van der Waals surface area contributed by atoms with Crippen molar-refractivity contribution in [1.29, 1.82) is 0 Å². The van der Waals surface area contributed by atoms with Crippen molar-refractivity contribution in [3.8, 4) is 0 Å². The lowest BCUT2D eigenvalue weighted by Crippen LogP contribution is -2.24. The number of hydrogen-bond acceptors (Lipinski definition) is 2. The number of hydrogen-bond donors (Lipinski definition) is 1. The zero-order valence-corrected chi connectivity index (χ0v) is 11.3. The summed E-state index contributed by atoms with van der Waals surface area (Å²) in [5.74, 6) is 0.567. The molecule has 2 atom stereocenters. The number of para-hydroxylation sites is 1. The number of nitrogens with zero attached hydrogens (tertiary/aromatic N) is 1. The van der Waals surface area contributed by atoms with E-state index in [0.717, 1.165) is 24.3 Å². The summed E-state index contributed by atoms with van der Waals surface area (Å²) in [6, 6.07) is 5.10. The molecule has 2 nitrogen and oxygen atoms in total. The zero-order valence-electron chi connectivity index (χ0n) is 11.3. The van der Waals surface area contributed by atoms with Crippen molar-refractivity contribution in [2.45, 2.75) is 39.2 Å². The Morgan fingerprint density at radius 3 is 2.94 bits per heavy atom. The molecule has 0 saturated carbocycles. The molecule has 0 aromatic heterocycles. The molecule has 1 aliphatic heterocycles. The van der Waals surface area contributed by atoms with Gasteiger partial charge in [-0.2, -0.15) is 0 Å². The summed E-state index contributed by atoms with van der Waals surface area (Å²) in [5, 5.41) is 0. The van der Waals surface area contributed by atoms with Crippen LogP contribution in [0.2, 0.25) is 0 Å². The van der Waals surface area contributed by atoms with Gasteiger partial charge in [-0.05, 0) is 37.3 Å². The van der Waals surface area contributed by atoms with Crippen LogP contribution >= 0.6 is 0 Å². The molecule has 2 N–H and O–H groups in total. The molecule has 1 fully saturated rings. The Balaban J connectivity index is 2.23. The lowest BCUT2D eigenvalue weighted by molar-refractivity contribution is 0.528. The van der Waals surface area contributed by atoms with Gasteiger partial charge in [0, 0.05) is 19.1 Å². The van der Waals surface area contributed by atoms with Gasteiger partial charge in [0.05, 0.1) is 5.69 Å². The van der Waals surface area contributed by atoms with Crippen LogP contribution in [0.15, 0.2) is 18.2 Å². The number of rotatable bonds is 4. The lowest BCUT2D eigenvalue weighted by Gasteiger charge is -2.24. The summed E-state index contributed by atoms with van der Waals surface area (Å²) in [4.78, 5) is 2.17. The van der Waals surface area contributed by atoms with Gasteiger partial charge in [-0.25, -0.2) is 4.39 Å². The third kappa shape index (κ3) is 2.66. The van der Waals surface area contributed by atoms with Crippen LogP contribution in [-0.4, -0.2) is 13.1 Å². The molecule has 0 amide bonds. The van der Waals surface area contributed by atoms with E-state index in [1.54, 1.807) is 6.07 Å². The average Bonchev–Trinajstić information content (AvgIpc) is 2.77. The van der Waals surface area contributed by atoms with Crippen LogP contribution in [-0.2, 0) is 0 Å². The highest BCUT2D eigenvalue weighted by Crippen LogP contribution is 2.33. The Kier molecular flexibility index (Phi) is 4.23. The van der Waals surface area contributed by atoms with Crippen LogP contribution in [0.3, 0.4) is 0 Å². The molecule has 1 aromatic carbocycles. The van der Waals surface area contributed by atoms with Gasteiger partial charge >= 0.3 is 0 Å². The topological polar surface area (TPSA) is 29.3 Å². The molecule has 3 heteroatoms. The number of nitrogens with two attached hydrogens (primary N) is 1. The molecule has 1 aliphatic rings. The Morgan fingerprint density at radius 1 is 1.50 bits per heavy atom. The Labute approximate surface area is 109 Å². The van der Waals surface area contributed by atoms with E-state index in [4.69, 9.17) is 5.73 Å². The zero-order chi connectivity index (χ0) is 13.1. The number of benzene rings is 1. The summed E-state index contributed by atoms with van der Waals surface area (Å²) in [6.45, 7) is 6.04. The number of halogens is 1. The van der Waals surface area contributed by atoms with Gasteiger partial charge in [0.1, 0.15) is 5.82 Å². The van der Waals surface area contributed by atoms with Crippen LogP contribution in [0.4, 0.5) is 10.1 Å². The molecule has 0 spiro atoms. The molecule has 0 radical (unpaired) electrons. The van der Waals surface area contributed by atoms with Crippen LogP contribution < -0.4 is 10.6 Å². The van der Waals surface area contributed by atoms with Crippen molar-refractivity contribution in [3.05, 3.63) is 29.6 Å². The molecule has 1 saturated heterocycles. The van der Waals surface area contributed by atoms with Crippen LogP contribution in [0.25, 0.3) is 0 Å². The molecular weight excluding hydrogens is 227 g/mol. The van der Waals surface area contributed by atoms with Gasteiger partial charge in [-0.3, -0.25) is 0 Å². The normalized spacial score (nSPS) is 21.3. The molecule has 2 rings (SSSR count). The SMILES string of the molecule is CCCC1CCN(c2c(F)cccc2[C@H](C)N)C1. The first-order valence-corrected chi connectivity index (χ1v) is 6.92. The largest absolute Gasteiger partial charge is 0.369 e. The van der Waals surface area contributed by atoms with Gasteiger partial charge in [0.15, 0.2) is 0 Å². The van der Waals surface area contributed by atoms with E-state index in [-0.39, 0.29) is 11.9 Å². The van der Waals surface area contributed by atoms with Crippen LogP contribution in [0.1, 0.15) is 44.7 Å². The Morgan fingerprint density at radius 2 is 2.28 bits per heavy atom. The average molecular weight is 250 g/mol. The van der Waals surface area contributed by atoms with Crippen molar-refractivity contribution in [2.24, 2.45) is 11.7 Å².